The maximum atomic E-state index is 12.1. The van der Waals surface area contributed by atoms with Crippen LogP contribution in [0.2, 0.25) is 5.02 Å². The zero-order valence-electron chi connectivity index (χ0n) is 11.4. The number of carbonyl (C=O) groups excluding carboxylic acids is 1. The topological polar surface area (TPSA) is 63.2 Å². The van der Waals surface area contributed by atoms with E-state index in [1.54, 1.807) is 36.4 Å². The molecular formula is C15H13BrClNO3S. The van der Waals surface area contributed by atoms with Crippen molar-refractivity contribution in [2.24, 2.45) is 0 Å². The molecule has 22 heavy (non-hydrogen) atoms. The average Bonchev–Trinajstić information content (AvgIpc) is 2.49. The Morgan fingerprint density at radius 2 is 1.82 bits per heavy atom. The summed E-state index contributed by atoms with van der Waals surface area (Å²) >= 11 is 9.27. The summed E-state index contributed by atoms with van der Waals surface area (Å²) in [5.74, 6) is -0.652. The molecule has 2 rings (SSSR count). The summed E-state index contributed by atoms with van der Waals surface area (Å²) in [6.45, 7) is 0. The van der Waals surface area contributed by atoms with Crippen molar-refractivity contribution in [2.75, 3.05) is 11.1 Å². The van der Waals surface area contributed by atoms with Crippen LogP contribution in [-0.4, -0.2) is 20.1 Å². The number of halogens is 2. The molecule has 2 aromatic carbocycles. The van der Waals surface area contributed by atoms with Crippen LogP contribution in [0.25, 0.3) is 0 Å². The van der Waals surface area contributed by atoms with Crippen molar-refractivity contribution in [3.8, 4) is 0 Å². The first kappa shape index (κ1) is 17.0. The van der Waals surface area contributed by atoms with E-state index in [9.17, 15) is 13.2 Å². The number of hydrogen-bond donors (Lipinski definition) is 1. The summed E-state index contributed by atoms with van der Waals surface area (Å²) < 4.78 is 25.0. The first-order valence-corrected chi connectivity index (χ1v) is 9.23. The number of nitrogens with one attached hydrogen (secondary N) is 1. The lowest BCUT2D eigenvalue weighted by molar-refractivity contribution is -0.115. The Morgan fingerprint density at radius 3 is 2.45 bits per heavy atom. The fourth-order valence-corrected chi connectivity index (χ4v) is 3.76. The van der Waals surface area contributed by atoms with Crippen LogP contribution >= 0.6 is 27.5 Å². The van der Waals surface area contributed by atoms with Crippen LogP contribution in [0.5, 0.6) is 0 Å². The first-order valence-electron chi connectivity index (χ1n) is 6.41. The second-order valence-electron chi connectivity index (χ2n) is 4.55. The quantitative estimate of drug-likeness (QED) is 0.825. The minimum absolute atomic E-state index is 0.135. The van der Waals surface area contributed by atoms with E-state index in [-0.39, 0.29) is 17.1 Å². The van der Waals surface area contributed by atoms with Crippen molar-refractivity contribution in [2.45, 2.75) is 11.3 Å². The highest BCUT2D eigenvalue weighted by molar-refractivity contribution is 9.10. The van der Waals surface area contributed by atoms with Gasteiger partial charge in [-0.15, -0.1) is 0 Å². The van der Waals surface area contributed by atoms with Crippen LogP contribution in [0.4, 0.5) is 5.69 Å². The molecule has 0 aromatic heterocycles. The molecule has 0 saturated carbocycles. The van der Waals surface area contributed by atoms with Gasteiger partial charge in [0, 0.05) is 10.9 Å². The summed E-state index contributed by atoms with van der Waals surface area (Å²) in [4.78, 5) is 12.1. The Hall–Kier alpha value is -1.37. The third kappa shape index (κ3) is 4.56. The molecule has 0 aliphatic rings. The molecule has 1 amide bonds. The summed E-state index contributed by atoms with van der Waals surface area (Å²) in [5, 5.41) is 2.99. The van der Waals surface area contributed by atoms with Gasteiger partial charge in [-0.1, -0.05) is 45.7 Å². The number of rotatable bonds is 5. The summed E-state index contributed by atoms with van der Waals surface area (Å²) in [5.41, 5.74) is 0.451. The third-order valence-corrected chi connectivity index (χ3v) is 5.44. The molecule has 0 spiro atoms. The van der Waals surface area contributed by atoms with Crippen LogP contribution in [0.3, 0.4) is 0 Å². The normalized spacial score (nSPS) is 11.2. The Bertz CT molecular complexity index is 779. The van der Waals surface area contributed by atoms with Crippen LogP contribution in [0, 0.1) is 0 Å². The molecule has 116 valence electrons. The average molecular weight is 403 g/mol. The predicted molar refractivity (Wildman–Crippen MR) is 90.9 cm³/mol. The lowest BCUT2D eigenvalue weighted by atomic mass is 10.3. The van der Waals surface area contributed by atoms with E-state index in [4.69, 9.17) is 11.6 Å². The van der Waals surface area contributed by atoms with Crippen LogP contribution < -0.4 is 5.32 Å². The molecule has 2 aromatic rings. The molecule has 7 heteroatoms. The van der Waals surface area contributed by atoms with Crippen molar-refractivity contribution < 1.29 is 13.2 Å². The highest BCUT2D eigenvalue weighted by Gasteiger charge is 2.16. The van der Waals surface area contributed by atoms with E-state index in [1.807, 2.05) is 0 Å². The van der Waals surface area contributed by atoms with Gasteiger partial charge in [-0.2, -0.15) is 0 Å². The summed E-state index contributed by atoms with van der Waals surface area (Å²) in [6, 6.07) is 13.1. The molecular weight excluding hydrogens is 390 g/mol. The van der Waals surface area contributed by atoms with Gasteiger partial charge in [-0.25, -0.2) is 8.42 Å². The van der Waals surface area contributed by atoms with E-state index in [0.717, 1.165) is 4.47 Å². The number of anilines is 1. The molecule has 0 aliphatic heterocycles. The minimum Gasteiger partial charge on any atom is -0.325 e. The summed E-state index contributed by atoms with van der Waals surface area (Å²) in [6.07, 6.45) is -0.135. The molecule has 0 unspecified atom stereocenters. The zero-order chi connectivity index (χ0) is 16.2. The van der Waals surface area contributed by atoms with Gasteiger partial charge in [0.15, 0.2) is 9.84 Å². The van der Waals surface area contributed by atoms with Gasteiger partial charge in [0.2, 0.25) is 5.91 Å². The van der Waals surface area contributed by atoms with E-state index < -0.39 is 15.7 Å². The van der Waals surface area contributed by atoms with Crippen molar-refractivity contribution >= 4 is 49.0 Å². The van der Waals surface area contributed by atoms with Crippen molar-refractivity contribution in [3.63, 3.8) is 0 Å². The molecule has 0 heterocycles. The van der Waals surface area contributed by atoms with Crippen molar-refractivity contribution in [3.05, 3.63) is 58.0 Å². The number of benzene rings is 2. The van der Waals surface area contributed by atoms with E-state index in [0.29, 0.717) is 10.7 Å². The van der Waals surface area contributed by atoms with Crippen LogP contribution in [0.15, 0.2) is 57.9 Å². The van der Waals surface area contributed by atoms with Crippen molar-refractivity contribution in [1.82, 2.24) is 0 Å². The van der Waals surface area contributed by atoms with E-state index in [2.05, 4.69) is 21.2 Å². The Balaban J connectivity index is 1.98. The van der Waals surface area contributed by atoms with Crippen LogP contribution in [0.1, 0.15) is 6.42 Å². The van der Waals surface area contributed by atoms with Gasteiger partial charge < -0.3 is 5.32 Å². The smallest absolute Gasteiger partial charge is 0.225 e. The summed E-state index contributed by atoms with van der Waals surface area (Å²) in [7, 11) is -3.47. The van der Waals surface area contributed by atoms with Gasteiger partial charge in [0.25, 0.3) is 0 Å². The highest BCUT2D eigenvalue weighted by Crippen LogP contribution is 2.25. The van der Waals surface area contributed by atoms with Gasteiger partial charge >= 0.3 is 0 Å². The van der Waals surface area contributed by atoms with Gasteiger partial charge in [0.05, 0.1) is 21.4 Å². The maximum Gasteiger partial charge on any atom is 0.225 e. The number of carbonyl (C=O) groups is 1. The van der Waals surface area contributed by atoms with Gasteiger partial charge in [-0.3, -0.25) is 4.79 Å². The third-order valence-electron chi connectivity index (χ3n) is 2.91. The molecule has 0 saturated heterocycles. The zero-order valence-corrected chi connectivity index (χ0v) is 14.6. The van der Waals surface area contributed by atoms with Gasteiger partial charge in [0.1, 0.15) is 0 Å². The minimum atomic E-state index is -3.47. The maximum absolute atomic E-state index is 12.1. The van der Waals surface area contributed by atoms with Crippen molar-refractivity contribution in [1.29, 1.82) is 0 Å². The first-order chi connectivity index (χ1) is 10.4. The SMILES string of the molecule is O=C(CCS(=O)(=O)c1ccccc1)Nc1ccc(Br)cc1Cl. The molecule has 0 bridgehead atoms. The number of hydrogen-bond acceptors (Lipinski definition) is 3. The second kappa shape index (κ2) is 7.26. The second-order valence-corrected chi connectivity index (χ2v) is 7.99. The lowest BCUT2D eigenvalue weighted by Crippen LogP contribution is -2.17. The molecule has 1 N–H and O–H groups in total. The standard InChI is InChI=1S/C15H13BrClNO3S/c16-11-6-7-14(13(17)10-11)18-15(19)8-9-22(20,21)12-4-2-1-3-5-12/h1-7,10H,8-9H2,(H,18,19). The Labute approximate surface area is 142 Å². The lowest BCUT2D eigenvalue weighted by Gasteiger charge is -2.08. The molecule has 0 fully saturated rings. The number of sulfone groups is 1. The monoisotopic (exact) mass is 401 g/mol. The fraction of sp³-hybridized carbons (Fsp3) is 0.133. The molecule has 0 radical (unpaired) electrons. The molecule has 0 atom stereocenters. The highest BCUT2D eigenvalue weighted by atomic mass is 79.9. The Kier molecular flexibility index (Phi) is 5.61. The molecule has 4 nitrogen and oxygen atoms in total. The van der Waals surface area contributed by atoms with E-state index in [1.165, 1.54) is 12.1 Å². The Morgan fingerprint density at radius 1 is 1.14 bits per heavy atom. The predicted octanol–water partition coefficient (Wildman–Crippen LogP) is 3.91. The van der Waals surface area contributed by atoms with E-state index >= 15 is 0 Å². The van der Waals surface area contributed by atoms with Gasteiger partial charge in [-0.05, 0) is 30.3 Å². The molecule has 0 aliphatic carbocycles. The number of amides is 1. The largest absolute Gasteiger partial charge is 0.325 e. The fourth-order valence-electron chi connectivity index (χ4n) is 1.78. The van der Waals surface area contributed by atoms with Crippen LogP contribution in [-0.2, 0) is 14.6 Å².